The Hall–Kier alpha value is -3.09. The lowest BCUT2D eigenvalue weighted by molar-refractivity contribution is -0.122. The molecule has 1 saturated heterocycles. The van der Waals surface area contributed by atoms with E-state index in [2.05, 4.69) is 5.32 Å². The molecule has 6 nitrogen and oxygen atoms in total. The number of ether oxygens (including phenoxy) is 2. The van der Waals surface area contributed by atoms with Crippen LogP contribution in [-0.4, -0.2) is 32.6 Å². The zero-order chi connectivity index (χ0) is 18.7. The first-order chi connectivity index (χ1) is 12.5. The SMILES string of the molecule is COc1ccc(OC)c(N2CC(C(=O)Nc3cccc(F)c3)CC2=O)c1. The molecular formula is C19H19FN2O4. The van der Waals surface area contributed by atoms with Gasteiger partial charge in [-0.2, -0.15) is 0 Å². The van der Waals surface area contributed by atoms with Gasteiger partial charge in [0.1, 0.15) is 17.3 Å². The second kappa shape index (κ2) is 7.43. The van der Waals surface area contributed by atoms with Crippen molar-refractivity contribution in [2.45, 2.75) is 6.42 Å². The highest BCUT2D eigenvalue weighted by molar-refractivity contribution is 6.04. The molecule has 2 aromatic rings. The number of nitrogens with one attached hydrogen (secondary N) is 1. The molecule has 0 aliphatic carbocycles. The molecule has 1 aliphatic rings. The van der Waals surface area contributed by atoms with Crippen molar-refractivity contribution < 1.29 is 23.5 Å². The molecular weight excluding hydrogens is 339 g/mol. The van der Waals surface area contributed by atoms with E-state index >= 15 is 0 Å². The molecule has 2 amide bonds. The van der Waals surface area contributed by atoms with Crippen LogP contribution in [0.3, 0.4) is 0 Å². The van der Waals surface area contributed by atoms with E-state index in [0.717, 1.165) is 0 Å². The maximum atomic E-state index is 13.3. The number of rotatable bonds is 5. The predicted molar refractivity (Wildman–Crippen MR) is 95.0 cm³/mol. The van der Waals surface area contributed by atoms with Gasteiger partial charge >= 0.3 is 0 Å². The minimum Gasteiger partial charge on any atom is -0.497 e. The van der Waals surface area contributed by atoms with Gasteiger partial charge in [0.25, 0.3) is 0 Å². The number of amides is 2. The first kappa shape index (κ1) is 17.7. The average molecular weight is 358 g/mol. The van der Waals surface area contributed by atoms with Crippen LogP contribution in [0.15, 0.2) is 42.5 Å². The van der Waals surface area contributed by atoms with Crippen LogP contribution in [0, 0.1) is 11.7 Å². The van der Waals surface area contributed by atoms with E-state index in [-0.39, 0.29) is 24.8 Å². The highest BCUT2D eigenvalue weighted by Crippen LogP contribution is 2.36. The minimum absolute atomic E-state index is 0.0709. The maximum absolute atomic E-state index is 13.3. The van der Waals surface area contributed by atoms with E-state index in [0.29, 0.717) is 22.9 Å². The van der Waals surface area contributed by atoms with Gasteiger partial charge in [0.2, 0.25) is 11.8 Å². The largest absolute Gasteiger partial charge is 0.497 e. The molecule has 1 atom stereocenters. The molecule has 0 aromatic heterocycles. The third-order valence-corrected chi connectivity index (χ3v) is 4.26. The normalized spacial score (nSPS) is 16.5. The van der Waals surface area contributed by atoms with E-state index in [1.54, 1.807) is 24.3 Å². The van der Waals surface area contributed by atoms with Crippen LogP contribution in [0.5, 0.6) is 11.5 Å². The Labute approximate surface area is 150 Å². The molecule has 0 bridgehead atoms. The van der Waals surface area contributed by atoms with Gasteiger partial charge in [-0.05, 0) is 30.3 Å². The van der Waals surface area contributed by atoms with Gasteiger partial charge < -0.3 is 19.7 Å². The Kier molecular flexibility index (Phi) is 5.06. The minimum atomic E-state index is -0.540. The summed E-state index contributed by atoms with van der Waals surface area (Å²) in [5, 5.41) is 2.65. The number of nitrogens with zero attached hydrogens (tertiary/aromatic N) is 1. The number of anilines is 2. The number of hydrogen-bond donors (Lipinski definition) is 1. The van der Waals surface area contributed by atoms with Gasteiger partial charge in [0.05, 0.1) is 25.8 Å². The van der Waals surface area contributed by atoms with Crippen molar-refractivity contribution in [2.75, 3.05) is 31.0 Å². The Balaban J connectivity index is 1.77. The number of methoxy groups -OCH3 is 2. The lowest BCUT2D eigenvalue weighted by atomic mass is 10.1. The van der Waals surface area contributed by atoms with Crippen molar-refractivity contribution in [1.29, 1.82) is 0 Å². The molecule has 0 spiro atoms. The van der Waals surface area contributed by atoms with Crippen LogP contribution in [0.2, 0.25) is 0 Å². The lowest BCUT2D eigenvalue weighted by Crippen LogP contribution is -2.28. The third-order valence-electron chi connectivity index (χ3n) is 4.26. The Morgan fingerprint density at radius 3 is 2.69 bits per heavy atom. The standard InChI is InChI=1S/C19H19FN2O4/c1-25-15-6-7-17(26-2)16(10-15)22-11-12(8-18(22)23)19(24)21-14-5-3-4-13(20)9-14/h3-7,9-10,12H,8,11H2,1-2H3,(H,21,24). The van der Waals surface area contributed by atoms with E-state index < -0.39 is 11.7 Å². The topological polar surface area (TPSA) is 67.9 Å². The summed E-state index contributed by atoms with van der Waals surface area (Å²) in [6.07, 6.45) is 0.0709. The van der Waals surface area contributed by atoms with Crippen LogP contribution < -0.4 is 19.7 Å². The van der Waals surface area contributed by atoms with Crippen molar-refractivity contribution in [2.24, 2.45) is 5.92 Å². The maximum Gasteiger partial charge on any atom is 0.229 e. The molecule has 26 heavy (non-hydrogen) atoms. The molecule has 136 valence electrons. The average Bonchev–Trinajstić information content (AvgIpc) is 3.03. The van der Waals surface area contributed by atoms with Crippen LogP contribution in [-0.2, 0) is 9.59 Å². The van der Waals surface area contributed by atoms with Crippen LogP contribution in [0.4, 0.5) is 15.8 Å². The molecule has 0 radical (unpaired) electrons. The van der Waals surface area contributed by atoms with Crippen molar-refractivity contribution in [3.63, 3.8) is 0 Å². The van der Waals surface area contributed by atoms with Crippen LogP contribution >= 0.6 is 0 Å². The van der Waals surface area contributed by atoms with E-state index in [4.69, 9.17) is 9.47 Å². The molecule has 1 unspecified atom stereocenters. The molecule has 1 fully saturated rings. The van der Waals surface area contributed by atoms with E-state index in [1.165, 1.54) is 37.3 Å². The summed E-state index contributed by atoms with van der Waals surface area (Å²) in [6.45, 7) is 0.212. The molecule has 1 heterocycles. The Bertz CT molecular complexity index is 840. The van der Waals surface area contributed by atoms with Gasteiger partial charge in [-0.15, -0.1) is 0 Å². The van der Waals surface area contributed by atoms with Crippen molar-refractivity contribution >= 4 is 23.2 Å². The number of halogens is 1. The molecule has 3 rings (SSSR count). The van der Waals surface area contributed by atoms with Crippen LogP contribution in [0.1, 0.15) is 6.42 Å². The summed E-state index contributed by atoms with van der Waals surface area (Å²) >= 11 is 0. The second-order valence-corrected chi connectivity index (χ2v) is 5.94. The Morgan fingerprint density at radius 2 is 2.00 bits per heavy atom. The molecule has 1 aliphatic heterocycles. The smallest absolute Gasteiger partial charge is 0.229 e. The van der Waals surface area contributed by atoms with Crippen molar-refractivity contribution in [1.82, 2.24) is 0 Å². The third kappa shape index (κ3) is 3.61. The first-order valence-electron chi connectivity index (χ1n) is 8.10. The predicted octanol–water partition coefficient (Wildman–Crippen LogP) is 2.83. The highest BCUT2D eigenvalue weighted by atomic mass is 19.1. The summed E-state index contributed by atoms with van der Waals surface area (Å²) in [6, 6.07) is 10.8. The van der Waals surface area contributed by atoms with Gasteiger partial charge in [-0.1, -0.05) is 6.07 Å². The fraction of sp³-hybridized carbons (Fsp3) is 0.263. The zero-order valence-electron chi connectivity index (χ0n) is 14.5. The monoisotopic (exact) mass is 358 g/mol. The molecule has 1 N–H and O–H groups in total. The van der Waals surface area contributed by atoms with Crippen LogP contribution in [0.25, 0.3) is 0 Å². The van der Waals surface area contributed by atoms with Crippen molar-refractivity contribution in [3.05, 3.63) is 48.3 Å². The second-order valence-electron chi connectivity index (χ2n) is 5.94. The summed E-state index contributed by atoms with van der Waals surface area (Å²) in [7, 11) is 3.05. The highest BCUT2D eigenvalue weighted by Gasteiger charge is 2.36. The fourth-order valence-corrected chi connectivity index (χ4v) is 2.93. The number of carbonyl (C=O) groups excluding carboxylic acids is 2. The fourth-order valence-electron chi connectivity index (χ4n) is 2.93. The zero-order valence-corrected chi connectivity index (χ0v) is 14.5. The summed E-state index contributed by atoms with van der Waals surface area (Å²) in [5.41, 5.74) is 0.915. The van der Waals surface area contributed by atoms with E-state index in [9.17, 15) is 14.0 Å². The van der Waals surface area contributed by atoms with Crippen molar-refractivity contribution in [3.8, 4) is 11.5 Å². The van der Waals surface area contributed by atoms with E-state index in [1.807, 2.05) is 0 Å². The summed E-state index contributed by atoms with van der Waals surface area (Å²) in [5.74, 6) is -0.384. The van der Waals surface area contributed by atoms with Gasteiger partial charge in [-0.3, -0.25) is 9.59 Å². The number of carbonyl (C=O) groups is 2. The first-order valence-corrected chi connectivity index (χ1v) is 8.10. The number of benzene rings is 2. The van der Waals surface area contributed by atoms with Gasteiger partial charge in [0.15, 0.2) is 0 Å². The quantitative estimate of drug-likeness (QED) is 0.892. The number of hydrogen-bond acceptors (Lipinski definition) is 4. The molecule has 7 heteroatoms. The van der Waals surface area contributed by atoms with Gasteiger partial charge in [-0.25, -0.2) is 4.39 Å². The Morgan fingerprint density at radius 1 is 1.19 bits per heavy atom. The van der Waals surface area contributed by atoms with Gasteiger partial charge in [0, 0.05) is 24.7 Å². The lowest BCUT2D eigenvalue weighted by Gasteiger charge is -2.20. The summed E-state index contributed by atoms with van der Waals surface area (Å²) in [4.78, 5) is 26.4. The molecule has 2 aromatic carbocycles. The summed E-state index contributed by atoms with van der Waals surface area (Å²) < 4.78 is 23.8. The molecule has 0 saturated carbocycles.